The van der Waals surface area contributed by atoms with E-state index in [-0.39, 0.29) is 11.9 Å². The third-order valence-corrected chi connectivity index (χ3v) is 2.60. The van der Waals surface area contributed by atoms with Crippen molar-refractivity contribution in [3.05, 3.63) is 6.07 Å². The van der Waals surface area contributed by atoms with E-state index in [2.05, 4.69) is 30.6 Å². The van der Waals surface area contributed by atoms with Gasteiger partial charge in [-0.05, 0) is 0 Å². The molecule has 0 spiro atoms. The number of hydrogen-bond donors (Lipinski definition) is 7. The first-order valence-electron chi connectivity index (χ1n) is 5.16. The molecule has 19 heavy (non-hydrogen) atoms. The number of aromatic nitrogens is 8. The quantitative estimate of drug-likeness (QED) is 0.183. The van der Waals surface area contributed by atoms with Crippen LogP contribution in [0.3, 0.4) is 0 Å². The Labute approximate surface area is 105 Å². The topological polar surface area (TPSA) is 198 Å². The molecule has 12 heteroatoms. The predicted molar refractivity (Wildman–Crippen MR) is 63.3 cm³/mol. The van der Waals surface area contributed by atoms with Crippen molar-refractivity contribution in [2.45, 2.75) is 0 Å². The van der Waals surface area contributed by atoms with Crippen molar-refractivity contribution in [1.82, 2.24) is 30.6 Å². The molecule has 11 N–H and O–H groups in total. The van der Waals surface area contributed by atoms with Crippen LogP contribution < -0.4 is 32.5 Å². The van der Waals surface area contributed by atoms with Gasteiger partial charge in [0.1, 0.15) is 5.69 Å². The molecule has 0 aliphatic heterocycles. The van der Waals surface area contributed by atoms with Crippen LogP contribution in [0.2, 0.25) is 0 Å². The number of hydrogen-bond acceptors (Lipinski definition) is 7. The van der Waals surface area contributed by atoms with E-state index in [1.807, 2.05) is 0 Å². The van der Waals surface area contributed by atoms with Gasteiger partial charge in [-0.15, -0.1) is 19.5 Å². The van der Waals surface area contributed by atoms with Crippen LogP contribution in [-0.4, -0.2) is 30.6 Å². The van der Waals surface area contributed by atoms with E-state index in [4.69, 9.17) is 23.2 Å². The number of H-pyrrole nitrogens is 3. The van der Waals surface area contributed by atoms with Crippen molar-refractivity contribution < 1.29 is 9.35 Å². The van der Waals surface area contributed by atoms with E-state index in [0.717, 1.165) is 0 Å². The highest BCUT2D eigenvalue weighted by Gasteiger charge is 2.22. The fourth-order valence-corrected chi connectivity index (χ4v) is 1.60. The molecular weight excluding hydrogens is 252 g/mol. The molecule has 0 radical (unpaired) electrons. The number of anilines is 2. The van der Waals surface area contributed by atoms with Crippen molar-refractivity contribution in [3.8, 4) is 23.0 Å². The van der Waals surface area contributed by atoms with Crippen LogP contribution in [0.5, 0.6) is 0 Å². The lowest BCUT2D eigenvalue weighted by atomic mass is 10.3. The number of nitrogens with one attached hydrogen (secondary N) is 3. The van der Waals surface area contributed by atoms with Gasteiger partial charge in [-0.25, -0.2) is 0 Å². The maximum absolute atomic E-state index is 5.70. The third kappa shape index (κ3) is 1.50. The molecule has 0 atom stereocenters. The van der Waals surface area contributed by atoms with Crippen LogP contribution in [-0.2, 0) is 0 Å². The van der Waals surface area contributed by atoms with Crippen LogP contribution in [0.25, 0.3) is 23.0 Å². The Morgan fingerprint density at radius 2 is 1.42 bits per heavy atom. The molecule has 0 aliphatic rings. The van der Waals surface area contributed by atoms with E-state index in [1.165, 1.54) is 9.35 Å². The highest BCUT2D eigenvalue weighted by atomic mass is 15.5. The van der Waals surface area contributed by atoms with Gasteiger partial charge in [-0.2, -0.15) is 5.10 Å². The van der Waals surface area contributed by atoms with Crippen molar-refractivity contribution in [1.29, 1.82) is 0 Å². The molecule has 0 aliphatic carbocycles. The van der Waals surface area contributed by atoms with Gasteiger partial charge in [-0.3, -0.25) is 16.8 Å². The number of rotatable bonds is 2. The summed E-state index contributed by atoms with van der Waals surface area (Å²) in [7, 11) is 0. The molecule has 0 fully saturated rings. The fraction of sp³-hybridized carbons (Fsp3) is 0. The minimum atomic E-state index is 0.138. The molecule has 98 valence electrons. The van der Waals surface area contributed by atoms with Crippen molar-refractivity contribution in [2.24, 2.45) is 0 Å². The van der Waals surface area contributed by atoms with Gasteiger partial charge in [-0.1, -0.05) is 0 Å². The molecule has 3 rings (SSSR count). The minimum Gasteiger partial charge on any atom is -0.304 e. The maximum atomic E-state index is 5.70. The predicted octanol–water partition coefficient (Wildman–Crippen LogP) is -3.64. The summed E-state index contributed by atoms with van der Waals surface area (Å²) in [6.07, 6.45) is 0. The van der Waals surface area contributed by atoms with Crippen LogP contribution >= 0.6 is 0 Å². The largest absolute Gasteiger partial charge is 0.396 e. The Morgan fingerprint density at radius 1 is 0.842 bits per heavy atom. The monoisotopic (exact) mass is 264 g/mol. The number of nitrogens with zero attached hydrogens (tertiary/aromatic N) is 5. The fourth-order valence-electron chi connectivity index (χ4n) is 1.60. The lowest BCUT2D eigenvalue weighted by molar-refractivity contribution is -0.612. The van der Waals surface area contributed by atoms with Crippen LogP contribution in [0.4, 0.5) is 11.9 Å². The molecule has 3 heterocycles. The van der Waals surface area contributed by atoms with Gasteiger partial charge < -0.3 is 11.5 Å². The first-order valence-corrected chi connectivity index (χ1v) is 5.16. The Hall–Kier alpha value is -3.31. The van der Waals surface area contributed by atoms with Gasteiger partial charge in [0, 0.05) is 16.3 Å². The zero-order valence-corrected chi connectivity index (χ0v) is 9.62. The van der Waals surface area contributed by atoms with Gasteiger partial charge in [0.05, 0.1) is 0 Å². The highest BCUT2D eigenvalue weighted by molar-refractivity contribution is 5.56. The third-order valence-electron chi connectivity index (χ3n) is 2.60. The molecule has 0 amide bonds. The van der Waals surface area contributed by atoms with Gasteiger partial charge in [0.25, 0.3) is 11.6 Å². The molecule has 0 saturated heterocycles. The Morgan fingerprint density at radius 3 is 1.95 bits per heavy atom. The van der Waals surface area contributed by atoms with Crippen molar-refractivity contribution in [2.75, 3.05) is 23.2 Å². The molecule has 12 nitrogen and oxygen atoms in total. The van der Waals surface area contributed by atoms with Crippen molar-refractivity contribution in [3.63, 3.8) is 0 Å². The Balaban J connectivity index is 2.05. The summed E-state index contributed by atoms with van der Waals surface area (Å²) in [5.41, 5.74) is 12.1. The number of nitrogen functional groups attached to an aromatic ring is 4. The van der Waals surface area contributed by atoms with Crippen LogP contribution in [0, 0.1) is 0 Å². The minimum absolute atomic E-state index is 0.138. The molecule has 3 aromatic heterocycles. The van der Waals surface area contributed by atoms with Crippen LogP contribution in [0.15, 0.2) is 6.07 Å². The smallest absolute Gasteiger partial charge is 0.304 e. The van der Waals surface area contributed by atoms with Gasteiger partial charge in [0.2, 0.25) is 0 Å². The van der Waals surface area contributed by atoms with Crippen LogP contribution in [0.1, 0.15) is 0 Å². The molecule has 0 bridgehead atoms. The first kappa shape index (κ1) is 10.8. The normalized spacial score (nSPS) is 10.9. The van der Waals surface area contributed by atoms with E-state index in [0.29, 0.717) is 23.0 Å². The Kier molecular flexibility index (Phi) is 2.04. The van der Waals surface area contributed by atoms with Gasteiger partial charge >= 0.3 is 11.9 Å². The second-order valence-electron chi connectivity index (χ2n) is 3.77. The summed E-state index contributed by atoms with van der Waals surface area (Å²) in [6.45, 7) is 0. The molecule has 3 aromatic rings. The van der Waals surface area contributed by atoms with E-state index >= 15 is 0 Å². The highest BCUT2D eigenvalue weighted by Crippen LogP contribution is 2.16. The van der Waals surface area contributed by atoms with E-state index < -0.39 is 0 Å². The van der Waals surface area contributed by atoms with E-state index in [1.54, 1.807) is 6.07 Å². The lowest BCUT2D eigenvalue weighted by Gasteiger charge is -1.91. The van der Waals surface area contributed by atoms with Gasteiger partial charge in [0.15, 0.2) is 5.69 Å². The molecular formula is C7H12N12+2. The average molecular weight is 264 g/mol. The number of aromatic amines is 3. The summed E-state index contributed by atoms with van der Waals surface area (Å²) >= 11 is 0. The SMILES string of the molecule is Nc1n[nH]c(-c2cc(-c3[nH]nc(N)[n+]3N)[nH]n2)[n+]1N. The second-order valence-corrected chi connectivity index (χ2v) is 3.77. The molecule has 0 saturated carbocycles. The summed E-state index contributed by atoms with van der Waals surface area (Å²) in [6, 6.07) is 1.69. The summed E-state index contributed by atoms with van der Waals surface area (Å²) < 4.78 is 2.37. The van der Waals surface area contributed by atoms with Crippen molar-refractivity contribution >= 4 is 11.9 Å². The zero-order valence-electron chi connectivity index (χ0n) is 9.62. The summed E-state index contributed by atoms with van der Waals surface area (Å²) in [5.74, 6) is 12.6. The first-order chi connectivity index (χ1) is 9.08. The standard InChI is InChI=1S/C7H10N12/c8-6-16-14-4(18(6)10)2-1-3(13-12-2)5-15-17-7(9)19(5)11/h1H,10-11H2,(H5,8,9,12,13,14,15,16,17)/p+2. The average Bonchev–Trinajstić information content (AvgIpc) is 3.05. The zero-order chi connectivity index (χ0) is 13.6. The summed E-state index contributed by atoms with van der Waals surface area (Å²) in [4.78, 5) is 0. The van der Waals surface area contributed by atoms with E-state index in [9.17, 15) is 0 Å². The molecule has 0 aromatic carbocycles. The lowest BCUT2D eigenvalue weighted by Crippen LogP contribution is -2.47. The maximum Gasteiger partial charge on any atom is 0.396 e. The number of nitrogens with two attached hydrogens (primary N) is 4. The summed E-state index contributed by atoms with van der Waals surface area (Å²) in [5, 5.41) is 19.7. The Bertz CT molecular complexity index is 670. The second kappa shape index (κ2) is 3.59. The molecule has 0 unspecified atom stereocenters.